The topological polar surface area (TPSA) is 35.5 Å². The lowest BCUT2D eigenvalue weighted by Crippen LogP contribution is -2.33. The Hall–Kier alpha value is -1.82. The van der Waals surface area contributed by atoms with Crippen LogP contribution in [-0.4, -0.2) is 17.5 Å². The van der Waals surface area contributed by atoms with Crippen LogP contribution in [0.1, 0.15) is 36.1 Å². The third-order valence-corrected chi connectivity index (χ3v) is 6.32. The molecule has 25 heavy (non-hydrogen) atoms. The van der Waals surface area contributed by atoms with E-state index in [-0.39, 0.29) is 17.5 Å². The van der Waals surface area contributed by atoms with Gasteiger partial charge in [0.15, 0.2) is 0 Å². The number of alkyl halides is 1. The highest BCUT2D eigenvalue weighted by Crippen LogP contribution is 2.47. The lowest BCUT2D eigenvalue weighted by Gasteiger charge is -2.39. The summed E-state index contributed by atoms with van der Waals surface area (Å²) in [6.45, 7) is 2.28. The molecule has 0 unspecified atom stereocenters. The van der Waals surface area contributed by atoms with E-state index >= 15 is 0 Å². The Balaban J connectivity index is 1.95. The van der Waals surface area contributed by atoms with Crippen LogP contribution in [0.5, 0.6) is 5.75 Å². The molecule has 3 rings (SSSR count). The Morgan fingerprint density at radius 1 is 1.32 bits per heavy atom. The van der Waals surface area contributed by atoms with E-state index in [1.807, 2.05) is 18.2 Å². The summed E-state index contributed by atoms with van der Waals surface area (Å²) in [7, 11) is 1.38. The molecule has 1 aliphatic heterocycles. The van der Waals surface area contributed by atoms with Gasteiger partial charge in [-0.25, -0.2) is 4.79 Å². The van der Waals surface area contributed by atoms with Crippen LogP contribution in [0.2, 0.25) is 0 Å². The predicted molar refractivity (Wildman–Crippen MR) is 108 cm³/mol. The monoisotopic (exact) mass is 448 g/mol. The molecule has 2 atom stereocenters. The summed E-state index contributed by atoms with van der Waals surface area (Å²) in [6, 6.07) is 16.5. The van der Waals surface area contributed by atoms with Crippen LogP contribution in [0, 0.1) is 0 Å². The van der Waals surface area contributed by atoms with Crippen molar-refractivity contribution >= 4 is 34.6 Å². The highest BCUT2D eigenvalue weighted by atomic mass is 127. The van der Waals surface area contributed by atoms with Crippen molar-refractivity contribution in [3.05, 3.63) is 71.3 Å². The maximum atomic E-state index is 11.3. The summed E-state index contributed by atoms with van der Waals surface area (Å²) in [5.74, 6) is 0.573. The van der Waals surface area contributed by atoms with Crippen molar-refractivity contribution in [1.82, 2.24) is 0 Å². The fraction of sp³-hybridized carbons (Fsp3) is 0.286. The van der Waals surface area contributed by atoms with E-state index < -0.39 is 0 Å². The van der Waals surface area contributed by atoms with E-state index in [0.717, 1.165) is 22.2 Å². The lowest BCUT2D eigenvalue weighted by atomic mass is 9.75. The number of halogens is 1. The third-order valence-electron chi connectivity index (χ3n) is 4.64. The molecular formula is C21H21IO3. The molecule has 4 heteroatoms. The van der Waals surface area contributed by atoms with Crippen LogP contribution in [0.4, 0.5) is 0 Å². The molecule has 0 aliphatic carbocycles. The molecule has 0 fully saturated rings. The zero-order chi connectivity index (χ0) is 17.9. The van der Waals surface area contributed by atoms with Crippen molar-refractivity contribution in [2.75, 3.05) is 11.5 Å². The van der Waals surface area contributed by atoms with E-state index in [1.165, 1.54) is 24.3 Å². The number of hydrogen-bond donors (Lipinski definition) is 0. The molecule has 0 aromatic heterocycles. The second-order valence-electron chi connectivity index (χ2n) is 6.53. The largest absolute Gasteiger partial charge is 0.485 e. The van der Waals surface area contributed by atoms with Crippen LogP contribution in [0.3, 0.4) is 0 Å². The Kier molecular flexibility index (Phi) is 5.47. The summed E-state index contributed by atoms with van der Waals surface area (Å²) in [5.41, 5.74) is 3.39. The minimum atomic E-state index is -0.352. The molecule has 2 aromatic carbocycles. The third kappa shape index (κ3) is 3.89. The second kappa shape index (κ2) is 7.60. The maximum absolute atomic E-state index is 11.3. The first-order chi connectivity index (χ1) is 12.1. The smallest absolute Gasteiger partial charge is 0.330 e. The SMILES string of the molecule is COC(=O)/C=C/c1ccc2c(c1)[C@](C)(CI)C[C@@H](c1ccccc1)O2. The van der Waals surface area contributed by atoms with Crippen molar-refractivity contribution in [2.45, 2.75) is 24.9 Å². The quantitative estimate of drug-likeness (QED) is 0.283. The molecule has 1 aliphatic rings. The molecular weight excluding hydrogens is 427 g/mol. The summed E-state index contributed by atoms with van der Waals surface area (Å²) in [6.07, 6.45) is 4.21. The molecule has 0 saturated carbocycles. The van der Waals surface area contributed by atoms with E-state index in [9.17, 15) is 4.79 Å². The summed E-state index contributed by atoms with van der Waals surface area (Å²) in [4.78, 5) is 11.3. The van der Waals surface area contributed by atoms with Gasteiger partial charge in [0.25, 0.3) is 0 Å². The highest BCUT2D eigenvalue weighted by Gasteiger charge is 2.37. The molecule has 2 aromatic rings. The van der Waals surface area contributed by atoms with Gasteiger partial charge in [0.1, 0.15) is 11.9 Å². The van der Waals surface area contributed by atoms with Crippen LogP contribution in [0.15, 0.2) is 54.6 Å². The summed E-state index contributed by atoms with van der Waals surface area (Å²) >= 11 is 2.45. The number of esters is 1. The van der Waals surface area contributed by atoms with Gasteiger partial charge in [0.2, 0.25) is 0 Å². The number of rotatable bonds is 4. The van der Waals surface area contributed by atoms with Gasteiger partial charge in [-0.2, -0.15) is 0 Å². The van der Waals surface area contributed by atoms with Gasteiger partial charge in [-0.1, -0.05) is 65.9 Å². The fourth-order valence-corrected chi connectivity index (χ4v) is 3.87. The van der Waals surface area contributed by atoms with E-state index in [1.54, 1.807) is 6.08 Å². The van der Waals surface area contributed by atoms with E-state index in [0.29, 0.717) is 0 Å². The molecule has 3 nitrogen and oxygen atoms in total. The average Bonchev–Trinajstić information content (AvgIpc) is 2.66. The van der Waals surface area contributed by atoms with Gasteiger partial charge in [0.05, 0.1) is 7.11 Å². The maximum Gasteiger partial charge on any atom is 0.330 e. The zero-order valence-electron chi connectivity index (χ0n) is 14.4. The van der Waals surface area contributed by atoms with Gasteiger partial charge in [-0.15, -0.1) is 0 Å². The van der Waals surface area contributed by atoms with Crippen molar-refractivity contribution in [1.29, 1.82) is 0 Å². The molecule has 0 N–H and O–H groups in total. The lowest BCUT2D eigenvalue weighted by molar-refractivity contribution is -0.134. The Bertz CT molecular complexity index is 785. The number of methoxy groups -OCH3 is 1. The first kappa shape index (κ1) is 18.0. The second-order valence-corrected chi connectivity index (χ2v) is 7.29. The van der Waals surface area contributed by atoms with Crippen molar-refractivity contribution in [2.24, 2.45) is 0 Å². The normalized spacial score (nSPS) is 22.3. The molecule has 130 valence electrons. The van der Waals surface area contributed by atoms with Crippen molar-refractivity contribution < 1.29 is 14.3 Å². The molecule has 0 radical (unpaired) electrons. The summed E-state index contributed by atoms with van der Waals surface area (Å²) < 4.78 is 12.0. The van der Waals surface area contributed by atoms with Crippen LogP contribution in [0.25, 0.3) is 6.08 Å². The number of fused-ring (bicyclic) bond motifs is 1. The fourth-order valence-electron chi connectivity index (χ4n) is 3.15. The van der Waals surface area contributed by atoms with Crippen LogP contribution in [-0.2, 0) is 14.9 Å². The first-order valence-corrected chi connectivity index (χ1v) is 9.76. The highest BCUT2D eigenvalue weighted by molar-refractivity contribution is 14.1. The molecule has 0 bridgehead atoms. The van der Waals surface area contributed by atoms with Gasteiger partial charge in [0, 0.05) is 21.5 Å². The first-order valence-electron chi connectivity index (χ1n) is 8.24. The Morgan fingerprint density at radius 2 is 2.08 bits per heavy atom. The van der Waals surface area contributed by atoms with Gasteiger partial charge < -0.3 is 9.47 Å². The zero-order valence-corrected chi connectivity index (χ0v) is 16.5. The average molecular weight is 448 g/mol. The number of benzene rings is 2. The van der Waals surface area contributed by atoms with Gasteiger partial charge in [-0.05, 0) is 35.8 Å². The van der Waals surface area contributed by atoms with Crippen LogP contribution < -0.4 is 4.74 Å². The number of carbonyl (C=O) groups excluding carboxylic acids is 1. The Morgan fingerprint density at radius 3 is 2.76 bits per heavy atom. The predicted octanol–water partition coefficient (Wildman–Crippen LogP) is 5.09. The number of hydrogen-bond acceptors (Lipinski definition) is 3. The summed E-state index contributed by atoms with van der Waals surface area (Å²) in [5, 5.41) is 0. The minimum absolute atomic E-state index is 0.0176. The van der Waals surface area contributed by atoms with Crippen molar-refractivity contribution in [3.8, 4) is 5.75 Å². The molecule has 0 saturated heterocycles. The molecule has 1 heterocycles. The Labute approximate surface area is 162 Å². The minimum Gasteiger partial charge on any atom is -0.485 e. The molecule has 0 spiro atoms. The van der Waals surface area contributed by atoms with Gasteiger partial charge in [-0.3, -0.25) is 0 Å². The number of carbonyl (C=O) groups is 1. The van der Waals surface area contributed by atoms with Crippen molar-refractivity contribution in [3.63, 3.8) is 0 Å². The number of ether oxygens (including phenoxy) is 2. The van der Waals surface area contributed by atoms with Crippen LogP contribution >= 0.6 is 22.6 Å². The molecule has 0 amide bonds. The van der Waals surface area contributed by atoms with E-state index in [2.05, 4.69) is 64.6 Å². The standard InChI is InChI=1S/C21H21IO3/c1-21(14-22)13-19(16-6-4-3-5-7-16)25-18-10-8-15(12-17(18)21)9-11-20(23)24-2/h3-12,19H,13-14H2,1-2H3/b11-9+/t19-,21-/m0/s1. The van der Waals surface area contributed by atoms with Gasteiger partial charge >= 0.3 is 5.97 Å². The van der Waals surface area contributed by atoms with E-state index in [4.69, 9.17) is 4.74 Å².